The Labute approximate surface area is 269 Å². The molecule has 0 fully saturated rings. The molecule has 0 heterocycles. The summed E-state index contributed by atoms with van der Waals surface area (Å²) < 4.78 is 0. The third-order valence-corrected chi connectivity index (χ3v) is 5.35. The fraction of sp³-hybridized carbons (Fsp3) is 0.125. The second kappa shape index (κ2) is 21.8. The normalized spacial score (nSPS) is 12.2. The third-order valence-electron chi connectivity index (χ3n) is 5.35. The van der Waals surface area contributed by atoms with Gasteiger partial charge < -0.3 is 60.0 Å². The first-order valence-corrected chi connectivity index (χ1v) is 12.6. The second-order valence-electron chi connectivity index (χ2n) is 8.53. The van der Waals surface area contributed by atoms with E-state index in [0.717, 1.165) is 0 Å². The Hall–Kier alpha value is -4.86. The van der Waals surface area contributed by atoms with Gasteiger partial charge in [-0.15, -0.1) is 0 Å². The molecule has 45 heavy (non-hydrogen) atoms. The van der Waals surface area contributed by atoms with Gasteiger partial charge in [0.1, 0.15) is 24.4 Å². The first-order chi connectivity index (χ1) is 20.9. The molecule has 0 radical (unpaired) electrons. The average Bonchev–Trinajstić information content (AvgIpc) is 3.05. The van der Waals surface area contributed by atoms with Gasteiger partial charge in [0.15, 0.2) is 0 Å². The van der Waals surface area contributed by atoms with Crippen molar-refractivity contribution in [2.24, 2.45) is 0 Å². The zero-order valence-corrected chi connectivity index (χ0v) is 25.5. The van der Waals surface area contributed by atoms with E-state index in [-0.39, 0.29) is 17.6 Å². The molecule has 4 aromatic rings. The number of hydrogen-bond acceptors (Lipinski definition) is 12. The number of benzene rings is 4. The van der Waals surface area contributed by atoms with E-state index in [1.54, 1.807) is 72.8 Å². The van der Waals surface area contributed by atoms with Crippen LogP contribution in [0.25, 0.3) is 0 Å². The summed E-state index contributed by atoms with van der Waals surface area (Å²) in [5.41, 5.74) is 1.36. The molecule has 0 aliphatic rings. The van der Waals surface area contributed by atoms with Crippen LogP contribution < -0.4 is 20.4 Å². The maximum atomic E-state index is 10.1. The van der Waals surface area contributed by atoms with E-state index in [1.165, 1.54) is 48.5 Å². The first kappa shape index (κ1) is 40.1. The van der Waals surface area contributed by atoms with Gasteiger partial charge in [-0.25, -0.2) is 0 Å². The summed E-state index contributed by atoms with van der Waals surface area (Å²) in [6, 6.07) is 32.4. The number of carbonyl (C=O) groups excluding carboxylic acids is 4. The number of carboxylic acids is 4. The van der Waals surface area contributed by atoms with Gasteiger partial charge in [-0.1, -0.05) is 121 Å². The SMILES string of the molecule is O=C([O-])C(O)c1ccccc1.O=C([O-])C(O)c1ccccc1.O=C([O-])C(O)c1ccccc1.O=C([O-])C(O)c1ccccc1.[Ge+4]. The number of aliphatic hydroxyl groups excluding tert-OH is 4. The fourth-order valence-electron chi connectivity index (χ4n) is 3.09. The number of aliphatic hydroxyl groups is 4. The molecule has 4 atom stereocenters. The molecular formula is C32H28GeO12. The Kier molecular flexibility index (Phi) is 19.4. The molecule has 0 aliphatic carbocycles. The summed E-state index contributed by atoms with van der Waals surface area (Å²) in [6.45, 7) is 0. The molecule has 4 rings (SSSR count). The molecule has 0 aliphatic heterocycles. The molecule has 13 heteroatoms. The molecule has 232 valence electrons. The van der Waals surface area contributed by atoms with E-state index >= 15 is 0 Å². The summed E-state index contributed by atoms with van der Waals surface area (Å²) in [5, 5.41) is 76.3. The predicted octanol–water partition coefficient (Wildman–Crippen LogP) is -2.50. The van der Waals surface area contributed by atoms with Gasteiger partial charge in [-0.3, -0.25) is 0 Å². The molecule has 0 spiro atoms. The Bertz CT molecular complexity index is 1200. The topological polar surface area (TPSA) is 241 Å². The van der Waals surface area contributed by atoms with Crippen LogP contribution >= 0.6 is 0 Å². The molecule has 4 unspecified atom stereocenters. The van der Waals surface area contributed by atoms with Crippen LogP contribution in [0.1, 0.15) is 46.7 Å². The quantitative estimate of drug-likeness (QED) is 0.142. The second-order valence-corrected chi connectivity index (χ2v) is 8.53. The van der Waals surface area contributed by atoms with Crippen molar-refractivity contribution in [3.63, 3.8) is 0 Å². The number of aliphatic carboxylic acids is 4. The van der Waals surface area contributed by atoms with Crippen LogP contribution in [0.4, 0.5) is 0 Å². The first-order valence-electron chi connectivity index (χ1n) is 12.6. The summed E-state index contributed by atoms with van der Waals surface area (Å²) in [7, 11) is 0. The van der Waals surface area contributed by atoms with Crippen molar-refractivity contribution < 1.29 is 60.0 Å². The largest absolute Gasteiger partial charge is 4.00 e. The molecule has 12 nitrogen and oxygen atoms in total. The van der Waals surface area contributed by atoms with Gasteiger partial charge in [-0.2, -0.15) is 0 Å². The summed E-state index contributed by atoms with van der Waals surface area (Å²) in [5.74, 6) is -5.90. The van der Waals surface area contributed by atoms with Crippen molar-refractivity contribution in [3.8, 4) is 0 Å². The van der Waals surface area contributed by atoms with Crippen LogP contribution in [0, 0.1) is 0 Å². The Morgan fingerprint density at radius 3 is 0.600 bits per heavy atom. The number of carboxylic acid groups (broad SMARTS) is 4. The molecule has 0 amide bonds. The van der Waals surface area contributed by atoms with Crippen LogP contribution in [0.5, 0.6) is 0 Å². The molecule has 0 aromatic heterocycles. The van der Waals surface area contributed by atoms with E-state index in [2.05, 4.69) is 0 Å². The van der Waals surface area contributed by atoms with Crippen LogP contribution in [0.2, 0.25) is 0 Å². The van der Waals surface area contributed by atoms with Crippen molar-refractivity contribution in [2.45, 2.75) is 24.4 Å². The third kappa shape index (κ3) is 15.4. The fourth-order valence-corrected chi connectivity index (χ4v) is 3.09. The van der Waals surface area contributed by atoms with Crippen molar-refractivity contribution in [2.75, 3.05) is 0 Å². The van der Waals surface area contributed by atoms with Gasteiger partial charge in [-0.05, 0) is 22.3 Å². The predicted molar refractivity (Wildman–Crippen MR) is 151 cm³/mol. The summed E-state index contributed by atoms with van der Waals surface area (Å²) in [6.07, 6.45) is -6.07. The molecule has 0 saturated carbocycles. The smallest absolute Gasteiger partial charge is 0.547 e. The maximum Gasteiger partial charge on any atom is 4.00 e. The average molecular weight is 677 g/mol. The van der Waals surface area contributed by atoms with E-state index in [1.807, 2.05) is 0 Å². The van der Waals surface area contributed by atoms with Gasteiger partial charge in [0.2, 0.25) is 0 Å². The Morgan fingerprint density at radius 2 is 0.489 bits per heavy atom. The molecule has 4 aromatic carbocycles. The minimum absolute atomic E-state index is 0. The maximum absolute atomic E-state index is 10.1. The van der Waals surface area contributed by atoms with Crippen molar-refractivity contribution in [1.29, 1.82) is 0 Å². The van der Waals surface area contributed by atoms with E-state index < -0.39 is 48.3 Å². The van der Waals surface area contributed by atoms with Gasteiger partial charge in [0, 0.05) is 0 Å². The minimum atomic E-state index is -1.52. The standard InChI is InChI=1S/4C8H8O3.Ge/c4*9-7(8(10)11)6-4-2-1-3-5-6;/h4*1-5,7,9H,(H,10,11);/q;;;;+4/p-4. The summed E-state index contributed by atoms with van der Waals surface area (Å²) in [4.78, 5) is 40.6. The molecular weight excluding hydrogens is 649 g/mol. The minimum Gasteiger partial charge on any atom is -0.547 e. The number of rotatable bonds is 8. The summed E-state index contributed by atoms with van der Waals surface area (Å²) >= 11 is 0. The molecule has 4 N–H and O–H groups in total. The van der Waals surface area contributed by atoms with Crippen LogP contribution in [-0.4, -0.2) is 61.9 Å². The molecule has 0 bridgehead atoms. The zero-order valence-electron chi connectivity index (χ0n) is 23.4. The van der Waals surface area contributed by atoms with Gasteiger partial charge in [0.25, 0.3) is 0 Å². The van der Waals surface area contributed by atoms with Gasteiger partial charge in [0.05, 0.1) is 23.9 Å². The van der Waals surface area contributed by atoms with E-state index in [9.17, 15) is 39.6 Å². The van der Waals surface area contributed by atoms with E-state index in [4.69, 9.17) is 20.4 Å². The van der Waals surface area contributed by atoms with Crippen molar-refractivity contribution in [1.82, 2.24) is 0 Å². The number of hydrogen-bond donors (Lipinski definition) is 4. The zero-order chi connectivity index (χ0) is 33.1. The van der Waals surface area contributed by atoms with Gasteiger partial charge >= 0.3 is 17.6 Å². The van der Waals surface area contributed by atoms with Crippen LogP contribution in [-0.2, 0) is 19.2 Å². The van der Waals surface area contributed by atoms with Crippen LogP contribution in [0.3, 0.4) is 0 Å². The Morgan fingerprint density at radius 1 is 0.356 bits per heavy atom. The Balaban J connectivity index is 0.000000569. The van der Waals surface area contributed by atoms with Crippen molar-refractivity contribution >= 4 is 41.5 Å². The van der Waals surface area contributed by atoms with E-state index in [0.29, 0.717) is 22.3 Å². The number of carbonyl (C=O) groups is 4. The van der Waals surface area contributed by atoms with Crippen molar-refractivity contribution in [3.05, 3.63) is 144 Å². The van der Waals surface area contributed by atoms with Crippen LogP contribution in [0.15, 0.2) is 121 Å². The monoisotopic (exact) mass is 678 g/mol. The molecule has 0 saturated heterocycles.